The third-order valence-electron chi connectivity index (χ3n) is 3.55. The van der Waals surface area contributed by atoms with E-state index < -0.39 is 0 Å². The first-order valence-electron chi connectivity index (χ1n) is 6.67. The minimum atomic E-state index is 0.327. The number of nitrogens with zero attached hydrogens (tertiary/aromatic N) is 2. The van der Waals surface area contributed by atoms with Crippen LogP contribution >= 0.6 is 0 Å². The van der Waals surface area contributed by atoms with Crippen molar-refractivity contribution in [3.05, 3.63) is 29.8 Å². The molecule has 0 amide bonds. The van der Waals surface area contributed by atoms with Crippen molar-refractivity contribution in [2.75, 3.05) is 33.2 Å². The number of hydrogen-bond donors (Lipinski definition) is 2. The highest BCUT2D eigenvalue weighted by molar-refractivity contribution is 5.27. The number of hydrazine groups is 1. The van der Waals surface area contributed by atoms with Gasteiger partial charge in [-0.15, -0.1) is 0 Å². The fourth-order valence-corrected chi connectivity index (χ4v) is 2.26. The molecule has 1 aliphatic rings. The number of likely N-dealkylation sites (N-methyl/N-ethyl adjacent to an activating group) is 1. The van der Waals surface area contributed by atoms with E-state index in [1.54, 1.807) is 12.1 Å². The van der Waals surface area contributed by atoms with Gasteiger partial charge in [0.25, 0.3) is 0 Å². The lowest BCUT2D eigenvalue weighted by Gasteiger charge is -2.35. The average molecular weight is 249 g/mol. The van der Waals surface area contributed by atoms with Crippen LogP contribution in [0.3, 0.4) is 0 Å². The van der Waals surface area contributed by atoms with Crippen molar-refractivity contribution >= 4 is 0 Å². The van der Waals surface area contributed by atoms with E-state index in [1.165, 1.54) is 5.56 Å². The number of phenolic OH excluding ortho intramolecular Hbond substituents is 1. The summed E-state index contributed by atoms with van der Waals surface area (Å²) in [4.78, 5) is 2.35. The van der Waals surface area contributed by atoms with E-state index in [9.17, 15) is 5.11 Å². The lowest BCUT2D eigenvalue weighted by Crippen LogP contribution is -2.51. The average Bonchev–Trinajstić information content (AvgIpc) is 2.39. The molecule has 0 radical (unpaired) electrons. The van der Waals surface area contributed by atoms with Gasteiger partial charge in [-0.2, -0.15) is 0 Å². The second-order valence-corrected chi connectivity index (χ2v) is 4.97. The highest BCUT2D eigenvalue weighted by Crippen LogP contribution is 2.20. The molecule has 0 saturated carbocycles. The van der Waals surface area contributed by atoms with Crippen LogP contribution in [0.15, 0.2) is 24.3 Å². The quantitative estimate of drug-likeness (QED) is 0.850. The van der Waals surface area contributed by atoms with E-state index in [0.717, 1.165) is 32.6 Å². The molecule has 4 nitrogen and oxygen atoms in total. The van der Waals surface area contributed by atoms with Gasteiger partial charge in [0.2, 0.25) is 0 Å². The molecule has 1 saturated heterocycles. The molecule has 1 atom stereocenters. The number of aromatic hydroxyl groups is 1. The number of nitrogens with one attached hydrogen (secondary N) is 1. The fraction of sp³-hybridized carbons (Fsp3) is 0.571. The Kier molecular flexibility index (Phi) is 4.58. The molecule has 1 heterocycles. The molecule has 18 heavy (non-hydrogen) atoms. The molecular formula is C14H23N3O. The number of phenols is 1. The summed E-state index contributed by atoms with van der Waals surface area (Å²) in [5, 5.41) is 11.6. The summed E-state index contributed by atoms with van der Waals surface area (Å²) >= 11 is 0. The molecule has 1 unspecified atom stereocenters. The Balaban J connectivity index is 1.94. The number of benzene rings is 1. The molecule has 0 aliphatic carbocycles. The maximum absolute atomic E-state index is 9.33. The zero-order valence-electron chi connectivity index (χ0n) is 11.3. The summed E-state index contributed by atoms with van der Waals surface area (Å²) in [6.07, 6.45) is 1.04. The summed E-state index contributed by atoms with van der Waals surface area (Å²) in [7, 11) is 2.16. The maximum Gasteiger partial charge on any atom is 0.115 e. The van der Waals surface area contributed by atoms with E-state index in [4.69, 9.17) is 0 Å². The standard InChI is InChI=1S/C14H23N3O/c1-3-14(12-4-6-13(18)7-5-12)15-17-10-8-16(2)9-11-17/h4-7,14-15,18H,3,8-11H2,1-2H3. The zero-order chi connectivity index (χ0) is 13.0. The Morgan fingerprint density at radius 1 is 1.17 bits per heavy atom. The van der Waals surface area contributed by atoms with Crippen molar-refractivity contribution in [2.45, 2.75) is 19.4 Å². The summed E-state index contributed by atoms with van der Waals surface area (Å²) in [5.74, 6) is 0.327. The first-order chi connectivity index (χ1) is 8.69. The third kappa shape index (κ3) is 3.45. The molecule has 100 valence electrons. The van der Waals surface area contributed by atoms with Gasteiger partial charge < -0.3 is 10.0 Å². The van der Waals surface area contributed by atoms with E-state index >= 15 is 0 Å². The van der Waals surface area contributed by atoms with Crippen LogP contribution in [0.25, 0.3) is 0 Å². The lowest BCUT2D eigenvalue weighted by atomic mass is 10.1. The van der Waals surface area contributed by atoms with Crippen LogP contribution in [0, 0.1) is 0 Å². The van der Waals surface area contributed by atoms with Crippen molar-refractivity contribution in [3.8, 4) is 5.75 Å². The summed E-state index contributed by atoms with van der Waals surface area (Å²) in [5.41, 5.74) is 4.82. The predicted octanol–water partition coefficient (Wildman–Crippen LogP) is 1.60. The van der Waals surface area contributed by atoms with Gasteiger partial charge in [0.05, 0.1) is 0 Å². The number of rotatable bonds is 4. The molecule has 1 aromatic rings. The second kappa shape index (κ2) is 6.18. The van der Waals surface area contributed by atoms with E-state index in [-0.39, 0.29) is 0 Å². The van der Waals surface area contributed by atoms with Gasteiger partial charge in [-0.25, -0.2) is 10.4 Å². The molecule has 0 bridgehead atoms. The van der Waals surface area contributed by atoms with Gasteiger partial charge >= 0.3 is 0 Å². The molecule has 1 aliphatic heterocycles. The van der Waals surface area contributed by atoms with Crippen LogP contribution < -0.4 is 5.43 Å². The summed E-state index contributed by atoms with van der Waals surface area (Å²) < 4.78 is 0. The molecule has 4 heteroatoms. The Hall–Kier alpha value is -1.10. The molecule has 0 spiro atoms. The summed E-state index contributed by atoms with van der Waals surface area (Å²) in [6, 6.07) is 7.82. The van der Waals surface area contributed by atoms with E-state index in [0.29, 0.717) is 11.8 Å². The fourth-order valence-electron chi connectivity index (χ4n) is 2.26. The Morgan fingerprint density at radius 2 is 1.78 bits per heavy atom. The minimum Gasteiger partial charge on any atom is -0.508 e. The predicted molar refractivity (Wildman–Crippen MR) is 73.3 cm³/mol. The number of piperazine rings is 1. The molecule has 2 N–H and O–H groups in total. The highest BCUT2D eigenvalue weighted by atomic mass is 16.3. The molecular weight excluding hydrogens is 226 g/mol. The Bertz CT molecular complexity index is 358. The van der Waals surface area contributed by atoms with Crippen LogP contribution in [0.5, 0.6) is 5.75 Å². The minimum absolute atomic E-state index is 0.327. The highest BCUT2D eigenvalue weighted by Gasteiger charge is 2.17. The molecule has 1 fully saturated rings. The molecule has 0 aromatic heterocycles. The lowest BCUT2D eigenvalue weighted by molar-refractivity contribution is 0.0857. The Morgan fingerprint density at radius 3 is 2.33 bits per heavy atom. The van der Waals surface area contributed by atoms with Crippen molar-refractivity contribution in [1.29, 1.82) is 0 Å². The van der Waals surface area contributed by atoms with Crippen molar-refractivity contribution in [1.82, 2.24) is 15.3 Å². The van der Waals surface area contributed by atoms with Crippen molar-refractivity contribution in [2.24, 2.45) is 0 Å². The van der Waals surface area contributed by atoms with Crippen LogP contribution in [-0.4, -0.2) is 48.2 Å². The van der Waals surface area contributed by atoms with Crippen molar-refractivity contribution < 1.29 is 5.11 Å². The monoisotopic (exact) mass is 249 g/mol. The first kappa shape index (κ1) is 13.3. The summed E-state index contributed by atoms with van der Waals surface area (Å²) in [6.45, 7) is 6.52. The smallest absolute Gasteiger partial charge is 0.115 e. The largest absolute Gasteiger partial charge is 0.508 e. The zero-order valence-corrected chi connectivity index (χ0v) is 11.3. The van der Waals surface area contributed by atoms with Gasteiger partial charge in [-0.1, -0.05) is 19.1 Å². The van der Waals surface area contributed by atoms with Gasteiger partial charge in [-0.3, -0.25) is 0 Å². The van der Waals surface area contributed by atoms with Gasteiger partial charge in [0.1, 0.15) is 5.75 Å². The van der Waals surface area contributed by atoms with Gasteiger partial charge in [0.15, 0.2) is 0 Å². The van der Waals surface area contributed by atoms with Crippen LogP contribution in [-0.2, 0) is 0 Å². The topological polar surface area (TPSA) is 38.7 Å². The normalized spacial score (nSPS) is 19.9. The SMILES string of the molecule is CCC(NN1CCN(C)CC1)c1ccc(O)cc1. The van der Waals surface area contributed by atoms with E-state index in [1.807, 2.05) is 12.1 Å². The second-order valence-electron chi connectivity index (χ2n) is 4.97. The van der Waals surface area contributed by atoms with Crippen molar-refractivity contribution in [3.63, 3.8) is 0 Å². The maximum atomic E-state index is 9.33. The van der Waals surface area contributed by atoms with Crippen LogP contribution in [0.2, 0.25) is 0 Å². The molecule has 1 aromatic carbocycles. The van der Waals surface area contributed by atoms with Gasteiger partial charge in [-0.05, 0) is 31.2 Å². The molecule has 2 rings (SSSR count). The Labute approximate surface area is 109 Å². The number of hydrogen-bond acceptors (Lipinski definition) is 4. The van der Waals surface area contributed by atoms with Gasteiger partial charge in [0, 0.05) is 32.2 Å². The van der Waals surface area contributed by atoms with Crippen LogP contribution in [0.1, 0.15) is 24.9 Å². The van der Waals surface area contributed by atoms with E-state index in [2.05, 4.69) is 29.3 Å². The third-order valence-corrected chi connectivity index (χ3v) is 3.55. The van der Waals surface area contributed by atoms with Crippen LogP contribution in [0.4, 0.5) is 0 Å². The first-order valence-corrected chi connectivity index (χ1v) is 6.67.